The van der Waals surface area contributed by atoms with Crippen LogP contribution in [0.2, 0.25) is 0 Å². The minimum Gasteiger partial charge on any atom is -0.281 e. The first-order valence-corrected chi connectivity index (χ1v) is 4.74. The Bertz CT molecular complexity index is 482. The molecule has 0 saturated carbocycles. The van der Waals surface area contributed by atoms with Gasteiger partial charge in [0.05, 0.1) is 5.52 Å². The molecule has 13 heavy (non-hydrogen) atoms. The molecule has 2 heteroatoms. The maximum atomic E-state index is 4.30. The molecule has 1 aromatic heterocycles. The van der Waals surface area contributed by atoms with E-state index < -0.39 is 0 Å². The number of aromatic amines is 1. The number of hydrogen-bond acceptors (Lipinski definition) is 1. The first kappa shape index (κ1) is 7.13. The van der Waals surface area contributed by atoms with Crippen LogP contribution in [0.15, 0.2) is 12.1 Å². The number of aryl methyl sites for hydroxylation is 1. The lowest BCUT2D eigenvalue weighted by atomic mass is 10.0. The van der Waals surface area contributed by atoms with Crippen molar-refractivity contribution in [1.82, 2.24) is 10.2 Å². The van der Waals surface area contributed by atoms with Crippen LogP contribution in [-0.4, -0.2) is 10.2 Å². The summed E-state index contributed by atoms with van der Waals surface area (Å²) >= 11 is 0. The lowest BCUT2D eigenvalue weighted by Gasteiger charge is -2.02. The smallest absolute Gasteiger partial charge is 0.0926 e. The Labute approximate surface area is 77.0 Å². The molecule has 3 rings (SSSR count). The first-order chi connectivity index (χ1) is 6.27. The largest absolute Gasteiger partial charge is 0.281 e. The predicted octanol–water partition coefficient (Wildman–Crippen LogP) is 2.53. The van der Waals surface area contributed by atoms with E-state index >= 15 is 0 Å². The Balaban J connectivity index is 2.51. The van der Waals surface area contributed by atoms with Crippen molar-refractivity contribution < 1.29 is 0 Å². The molecule has 0 saturated heterocycles. The molecule has 1 atom stereocenters. The molecule has 0 fully saturated rings. The van der Waals surface area contributed by atoms with Crippen LogP contribution >= 0.6 is 0 Å². The van der Waals surface area contributed by atoms with Crippen molar-refractivity contribution >= 4 is 10.9 Å². The molecule has 0 aliphatic heterocycles. The number of benzene rings is 1. The fourth-order valence-corrected chi connectivity index (χ4v) is 2.34. The van der Waals surface area contributed by atoms with Crippen molar-refractivity contribution in [3.63, 3.8) is 0 Å². The van der Waals surface area contributed by atoms with Gasteiger partial charge in [-0.3, -0.25) is 5.10 Å². The highest BCUT2D eigenvalue weighted by atomic mass is 15.1. The van der Waals surface area contributed by atoms with Crippen LogP contribution in [0.25, 0.3) is 10.9 Å². The summed E-state index contributed by atoms with van der Waals surface area (Å²) in [5.74, 6) is 0.612. The zero-order valence-corrected chi connectivity index (χ0v) is 7.89. The topological polar surface area (TPSA) is 28.7 Å². The van der Waals surface area contributed by atoms with Crippen LogP contribution in [0.3, 0.4) is 0 Å². The van der Waals surface area contributed by atoms with Crippen molar-refractivity contribution in [2.45, 2.75) is 26.2 Å². The second-order valence-electron chi connectivity index (χ2n) is 4.00. The molecule has 0 unspecified atom stereocenters. The summed E-state index contributed by atoms with van der Waals surface area (Å²) in [5, 5.41) is 8.82. The van der Waals surface area contributed by atoms with Crippen LogP contribution in [0.1, 0.15) is 29.7 Å². The van der Waals surface area contributed by atoms with Crippen LogP contribution in [-0.2, 0) is 6.42 Å². The van der Waals surface area contributed by atoms with Crippen molar-refractivity contribution in [2.24, 2.45) is 0 Å². The second-order valence-corrected chi connectivity index (χ2v) is 4.00. The van der Waals surface area contributed by atoms with Gasteiger partial charge >= 0.3 is 0 Å². The molecule has 0 spiro atoms. The van der Waals surface area contributed by atoms with Gasteiger partial charge in [0, 0.05) is 17.0 Å². The van der Waals surface area contributed by atoms with E-state index in [4.69, 9.17) is 0 Å². The van der Waals surface area contributed by atoms with E-state index in [2.05, 4.69) is 36.2 Å². The van der Waals surface area contributed by atoms with E-state index in [1.54, 1.807) is 0 Å². The first-order valence-electron chi connectivity index (χ1n) is 4.74. The fourth-order valence-electron chi connectivity index (χ4n) is 2.34. The number of rotatable bonds is 0. The van der Waals surface area contributed by atoms with Gasteiger partial charge in [0.15, 0.2) is 0 Å². The maximum absolute atomic E-state index is 4.30. The Morgan fingerprint density at radius 1 is 1.46 bits per heavy atom. The van der Waals surface area contributed by atoms with Crippen molar-refractivity contribution in [2.75, 3.05) is 0 Å². The van der Waals surface area contributed by atoms with E-state index in [0.717, 1.165) is 5.52 Å². The zero-order valence-electron chi connectivity index (χ0n) is 7.89. The summed E-state index contributed by atoms with van der Waals surface area (Å²) in [7, 11) is 0. The molecule has 1 aromatic carbocycles. The van der Waals surface area contributed by atoms with Gasteiger partial charge < -0.3 is 0 Å². The Hall–Kier alpha value is -1.31. The SMILES string of the molecule is Cc1ccc2n[nH]c3c2c1C[C@@H]3C. The third kappa shape index (κ3) is 0.755. The second kappa shape index (κ2) is 2.13. The molecule has 1 aliphatic rings. The number of hydrogen-bond donors (Lipinski definition) is 1. The van der Waals surface area contributed by atoms with Crippen LogP contribution in [0.5, 0.6) is 0 Å². The quantitative estimate of drug-likeness (QED) is 0.650. The van der Waals surface area contributed by atoms with Crippen molar-refractivity contribution in [3.05, 3.63) is 29.0 Å². The van der Waals surface area contributed by atoms with Crippen LogP contribution in [0, 0.1) is 6.92 Å². The van der Waals surface area contributed by atoms with E-state index in [0.29, 0.717) is 5.92 Å². The molecule has 2 aromatic rings. The highest BCUT2D eigenvalue weighted by Crippen LogP contribution is 2.37. The molecule has 1 heterocycles. The highest BCUT2D eigenvalue weighted by molar-refractivity contribution is 5.88. The number of H-pyrrole nitrogens is 1. The molecule has 1 N–H and O–H groups in total. The molecule has 66 valence electrons. The van der Waals surface area contributed by atoms with Gasteiger partial charge in [0.2, 0.25) is 0 Å². The number of nitrogens with one attached hydrogen (secondary N) is 1. The molecular weight excluding hydrogens is 160 g/mol. The summed E-state index contributed by atoms with van der Waals surface area (Å²) in [6.07, 6.45) is 1.17. The van der Waals surface area contributed by atoms with E-state index in [-0.39, 0.29) is 0 Å². The summed E-state index contributed by atoms with van der Waals surface area (Å²) < 4.78 is 0. The summed E-state index contributed by atoms with van der Waals surface area (Å²) in [6, 6.07) is 4.27. The zero-order chi connectivity index (χ0) is 9.00. The van der Waals surface area contributed by atoms with Gasteiger partial charge in [0.25, 0.3) is 0 Å². The molecule has 1 aliphatic carbocycles. The lowest BCUT2D eigenvalue weighted by molar-refractivity contribution is 0.755. The number of aromatic nitrogens is 2. The molecule has 0 amide bonds. The maximum Gasteiger partial charge on any atom is 0.0926 e. The Kier molecular flexibility index (Phi) is 1.17. The van der Waals surface area contributed by atoms with Gasteiger partial charge in [0.1, 0.15) is 0 Å². The van der Waals surface area contributed by atoms with Crippen molar-refractivity contribution in [1.29, 1.82) is 0 Å². The predicted molar refractivity (Wildman–Crippen MR) is 52.9 cm³/mol. The third-order valence-corrected chi connectivity index (χ3v) is 3.09. The highest BCUT2D eigenvalue weighted by Gasteiger charge is 2.24. The minimum atomic E-state index is 0.612. The van der Waals surface area contributed by atoms with Gasteiger partial charge in [-0.15, -0.1) is 0 Å². The van der Waals surface area contributed by atoms with Gasteiger partial charge in [-0.25, -0.2) is 0 Å². The molecule has 0 bridgehead atoms. The Morgan fingerprint density at radius 3 is 3.15 bits per heavy atom. The standard InChI is InChI=1S/C11H12N2/c1-6-3-4-9-10-8(6)5-7(2)11(10)13-12-9/h3-4,7H,5H2,1-2H3,(H,12,13)/t7-/m0/s1. The van der Waals surface area contributed by atoms with E-state index in [1.807, 2.05) is 0 Å². The normalized spacial score (nSPS) is 20.0. The van der Waals surface area contributed by atoms with Gasteiger partial charge in [-0.1, -0.05) is 13.0 Å². The van der Waals surface area contributed by atoms with Gasteiger partial charge in [-0.05, 0) is 30.5 Å². The minimum absolute atomic E-state index is 0.612. The molecular formula is C11H12N2. The van der Waals surface area contributed by atoms with E-state index in [9.17, 15) is 0 Å². The summed E-state index contributed by atoms with van der Waals surface area (Å²) in [4.78, 5) is 0. The van der Waals surface area contributed by atoms with Crippen molar-refractivity contribution in [3.8, 4) is 0 Å². The average Bonchev–Trinajstić information content (AvgIpc) is 2.64. The van der Waals surface area contributed by atoms with Gasteiger partial charge in [-0.2, -0.15) is 5.10 Å². The summed E-state index contributed by atoms with van der Waals surface area (Å²) in [5.41, 5.74) is 5.35. The Morgan fingerprint density at radius 2 is 2.31 bits per heavy atom. The van der Waals surface area contributed by atoms with E-state index in [1.165, 1.54) is 28.6 Å². The average molecular weight is 172 g/mol. The number of nitrogens with zero attached hydrogens (tertiary/aromatic N) is 1. The fraction of sp³-hybridized carbons (Fsp3) is 0.364. The van der Waals surface area contributed by atoms with Crippen LogP contribution < -0.4 is 0 Å². The lowest BCUT2D eigenvalue weighted by Crippen LogP contribution is -1.92. The monoisotopic (exact) mass is 172 g/mol. The molecule has 2 nitrogen and oxygen atoms in total. The summed E-state index contributed by atoms with van der Waals surface area (Å²) in [6.45, 7) is 4.44. The van der Waals surface area contributed by atoms with Crippen LogP contribution in [0.4, 0.5) is 0 Å². The molecule has 0 radical (unpaired) electrons. The third-order valence-electron chi connectivity index (χ3n) is 3.09.